The lowest BCUT2D eigenvalue weighted by molar-refractivity contribution is -0.0864. The van der Waals surface area contributed by atoms with Crippen LogP contribution < -0.4 is 23.7 Å². The highest BCUT2D eigenvalue weighted by Gasteiger charge is 2.42. The van der Waals surface area contributed by atoms with Gasteiger partial charge in [-0.2, -0.15) is 0 Å². The maximum absolute atomic E-state index is 10.7. The summed E-state index contributed by atoms with van der Waals surface area (Å²) in [6, 6.07) is 47.3. The van der Waals surface area contributed by atoms with Crippen LogP contribution in [-0.4, -0.2) is 42.7 Å². The fraction of sp³-hybridized carbons (Fsp3) is 0.167. The van der Waals surface area contributed by atoms with Crippen LogP contribution in [0, 0.1) is 0 Å². The van der Waals surface area contributed by atoms with E-state index in [1.54, 1.807) is 0 Å². The highest BCUT2D eigenvalue weighted by molar-refractivity contribution is 5.27. The van der Waals surface area contributed by atoms with E-state index in [2.05, 4.69) is 0 Å². The van der Waals surface area contributed by atoms with E-state index in [0.29, 0.717) is 28.7 Å². The quantitative estimate of drug-likeness (QED) is 0.151. The molecule has 0 heterocycles. The predicted octanol–water partition coefficient (Wildman–Crippen LogP) is 6.85. The number of benzene rings is 5. The largest absolute Gasteiger partial charge is 0.490 e. The second-order valence-corrected chi connectivity index (χ2v) is 9.54. The Bertz CT molecular complexity index is 1420. The van der Waals surface area contributed by atoms with Gasteiger partial charge in [0.05, 0.1) is 6.61 Å². The number of rotatable bonds is 15. The Hall–Kier alpha value is -4.94. The molecule has 6 nitrogen and oxygen atoms in total. The molecule has 0 fully saturated rings. The molecule has 0 spiro atoms. The number of para-hydroxylation sites is 5. The van der Waals surface area contributed by atoms with Gasteiger partial charge in [-0.05, 0) is 60.7 Å². The summed E-state index contributed by atoms with van der Waals surface area (Å²) < 4.78 is 32.4. The smallest absolute Gasteiger partial charge is 0.179 e. The third-order valence-electron chi connectivity index (χ3n) is 6.49. The van der Waals surface area contributed by atoms with Crippen molar-refractivity contribution in [3.8, 4) is 28.7 Å². The van der Waals surface area contributed by atoms with Gasteiger partial charge in [0.15, 0.2) is 24.4 Å². The highest BCUT2D eigenvalue weighted by Crippen LogP contribution is 2.27. The Kier molecular flexibility index (Phi) is 10.3. The number of ether oxygens (including phenoxy) is 5. The number of aliphatic hydroxyl groups excluding tert-OH is 1. The van der Waals surface area contributed by atoms with Crippen LogP contribution >= 0.6 is 0 Å². The average molecular weight is 563 g/mol. The van der Waals surface area contributed by atoms with Gasteiger partial charge in [0.25, 0.3) is 0 Å². The van der Waals surface area contributed by atoms with Crippen LogP contribution in [0.1, 0.15) is 0 Å². The molecule has 4 atom stereocenters. The van der Waals surface area contributed by atoms with Crippen LogP contribution in [-0.2, 0) is 0 Å². The van der Waals surface area contributed by atoms with Crippen LogP contribution in [0.15, 0.2) is 152 Å². The van der Waals surface area contributed by atoms with Crippen molar-refractivity contribution >= 4 is 0 Å². The molecule has 5 aromatic rings. The monoisotopic (exact) mass is 562 g/mol. The normalized spacial score (nSPS) is 13.6. The molecular formula is C36H34O6. The van der Waals surface area contributed by atoms with E-state index in [-0.39, 0.29) is 13.2 Å². The molecule has 214 valence electrons. The van der Waals surface area contributed by atoms with Gasteiger partial charge in [-0.25, -0.2) is 0 Å². The summed E-state index contributed by atoms with van der Waals surface area (Å²) >= 11 is 0. The van der Waals surface area contributed by atoms with Crippen LogP contribution in [0.3, 0.4) is 0 Å². The van der Waals surface area contributed by atoms with Gasteiger partial charge in [0.2, 0.25) is 0 Å². The van der Waals surface area contributed by atoms with Gasteiger partial charge in [0.1, 0.15) is 35.4 Å². The molecule has 0 aliphatic carbocycles. The van der Waals surface area contributed by atoms with Crippen LogP contribution in [0.2, 0.25) is 0 Å². The summed E-state index contributed by atoms with van der Waals surface area (Å²) in [5, 5.41) is 10.7. The van der Waals surface area contributed by atoms with Crippen LogP contribution in [0.25, 0.3) is 0 Å². The fourth-order valence-corrected chi connectivity index (χ4v) is 4.47. The molecule has 5 aromatic carbocycles. The zero-order valence-corrected chi connectivity index (χ0v) is 23.1. The first kappa shape index (κ1) is 28.6. The summed E-state index contributed by atoms with van der Waals surface area (Å²) in [5.41, 5.74) is 0. The van der Waals surface area contributed by atoms with Crippen molar-refractivity contribution in [1.29, 1.82) is 0 Å². The molecule has 0 saturated carbocycles. The van der Waals surface area contributed by atoms with Crippen molar-refractivity contribution in [2.45, 2.75) is 24.4 Å². The summed E-state index contributed by atoms with van der Waals surface area (Å²) in [7, 11) is 0. The number of hydrogen-bond acceptors (Lipinski definition) is 6. The highest BCUT2D eigenvalue weighted by atomic mass is 16.6. The molecule has 0 radical (unpaired) electrons. The zero-order valence-electron chi connectivity index (χ0n) is 23.1. The van der Waals surface area contributed by atoms with Crippen molar-refractivity contribution in [2.24, 2.45) is 0 Å². The van der Waals surface area contributed by atoms with Gasteiger partial charge in [-0.3, -0.25) is 0 Å². The third-order valence-corrected chi connectivity index (χ3v) is 6.49. The van der Waals surface area contributed by atoms with E-state index >= 15 is 0 Å². The lowest BCUT2D eigenvalue weighted by atomic mass is 10.0. The minimum atomic E-state index is -0.828. The van der Waals surface area contributed by atoms with E-state index in [1.165, 1.54) is 0 Å². The molecule has 0 amide bonds. The molecule has 0 bridgehead atoms. The summed E-state index contributed by atoms with van der Waals surface area (Å²) in [6.07, 6.45) is -3.13. The second kappa shape index (κ2) is 15.2. The Morgan fingerprint density at radius 3 is 1.07 bits per heavy atom. The Balaban J connectivity index is 1.55. The molecular weight excluding hydrogens is 528 g/mol. The van der Waals surface area contributed by atoms with E-state index < -0.39 is 24.4 Å². The van der Waals surface area contributed by atoms with Gasteiger partial charge in [-0.1, -0.05) is 91.0 Å². The zero-order chi connectivity index (χ0) is 28.8. The predicted molar refractivity (Wildman–Crippen MR) is 162 cm³/mol. The maximum Gasteiger partial charge on any atom is 0.179 e. The van der Waals surface area contributed by atoms with Gasteiger partial charge in [-0.15, -0.1) is 0 Å². The van der Waals surface area contributed by atoms with Crippen molar-refractivity contribution in [2.75, 3.05) is 13.2 Å². The first-order valence-electron chi connectivity index (χ1n) is 13.9. The van der Waals surface area contributed by atoms with Crippen molar-refractivity contribution in [3.63, 3.8) is 0 Å². The SMILES string of the molecule is OCC(Oc1ccccc1)C(Oc1ccccc1)C(Oc1ccccc1)C(COc1ccccc1)Oc1ccccc1. The fourth-order valence-electron chi connectivity index (χ4n) is 4.47. The van der Waals surface area contributed by atoms with Crippen molar-refractivity contribution in [3.05, 3.63) is 152 Å². The van der Waals surface area contributed by atoms with Crippen LogP contribution in [0.5, 0.6) is 28.7 Å². The minimum absolute atomic E-state index is 0.133. The lowest BCUT2D eigenvalue weighted by Crippen LogP contribution is -2.57. The Morgan fingerprint density at radius 1 is 0.381 bits per heavy atom. The molecule has 4 unspecified atom stereocenters. The van der Waals surface area contributed by atoms with Crippen molar-refractivity contribution < 1.29 is 28.8 Å². The first-order chi connectivity index (χ1) is 20.8. The second-order valence-electron chi connectivity index (χ2n) is 9.54. The molecule has 0 aliphatic rings. The lowest BCUT2D eigenvalue weighted by Gasteiger charge is -2.37. The molecule has 6 heteroatoms. The topological polar surface area (TPSA) is 66.4 Å². The van der Waals surface area contributed by atoms with E-state index in [4.69, 9.17) is 23.7 Å². The molecule has 0 saturated heterocycles. The summed E-state index contributed by atoms with van der Waals surface area (Å²) in [6.45, 7) is -0.201. The Labute approximate surface area is 246 Å². The van der Waals surface area contributed by atoms with E-state index in [9.17, 15) is 5.11 Å². The molecule has 1 N–H and O–H groups in total. The maximum atomic E-state index is 10.7. The van der Waals surface area contributed by atoms with E-state index in [1.807, 2.05) is 152 Å². The average Bonchev–Trinajstić information content (AvgIpc) is 3.06. The molecule has 0 aliphatic heterocycles. The van der Waals surface area contributed by atoms with Gasteiger partial charge >= 0.3 is 0 Å². The minimum Gasteiger partial charge on any atom is -0.490 e. The molecule has 42 heavy (non-hydrogen) atoms. The first-order valence-corrected chi connectivity index (χ1v) is 13.9. The summed E-state index contributed by atoms with van der Waals surface area (Å²) in [4.78, 5) is 0. The standard InChI is InChI=1S/C36H34O6/c37-26-33(39-29-18-8-2-9-19-29)35(41-31-22-12-4-13-23-31)36(42-32-24-14-5-15-25-32)34(40-30-20-10-3-11-21-30)27-38-28-16-6-1-7-17-28/h1-25,33-37H,26-27H2. The molecule has 0 aromatic heterocycles. The van der Waals surface area contributed by atoms with Crippen LogP contribution in [0.4, 0.5) is 0 Å². The van der Waals surface area contributed by atoms with Crippen molar-refractivity contribution in [1.82, 2.24) is 0 Å². The number of aliphatic hydroxyl groups is 1. The molecule has 5 rings (SSSR count). The Morgan fingerprint density at radius 2 is 0.690 bits per heavy atom. The van der Waals surface area contributed by atoms with Gasteiger partial charge < -0.3 is 28.8 Å². The number of hydrogen-bond donors (Lipinski definition) is 1. The van der Waals surface area contributed by atoms with Gasteiger partial charge in [0, 0.05) is 0 Å². The summed E-state index contributed by atoms with van der Waals surface area (Å²) in [5.74, 6) is 3.14. The van der Waals surface area contributed by atoms with E-state index in [0.717, 1.165) is 0 Å². The third kappa shape index (κ3) is 8.29.